The van der Waals surface area contributed by atoms with Gasteiger partial charge in [-0.05, 0) is 18.4 Å². The Labute approximate surface area is 110 Å². The van der Waals surface area contributed by atoms with Gasteiger partial charge in [0.1, 0.15) is 0 Å². The van der Waals surface area contributed by atoms with Gasteiger partial charge in [0, 0.05) is 32.4 Å². The fraction of sp³-hybridized carbons (Fsp3) is 0.462. The minimum Gasteiger partial charge on any atom is -0.385 e. The van der Waals surface area contributed by atoms with Gasteiger partial charge < -0.3 is 10.1 Å². The number of nitro benzene ring substituents is 1. The van der Waals surface area contributed by atoms with Crippen LogP contribution in [0.1, 0.15) is 18.4 Å². The Morgan fingerprint density at radius 1 is 1.42 bits per heavy atom. The van der Waals surface area contributed by atoms with Gasteiger partial charge in [0.05, 0.1) is 10.3 Å². The Bertz CT molecular complexity index is 486. The van der Waals surface area contributed by atoms with Crippen LogP contribution in [-0.2, 0) is 14.9 Å². The smallest absolute Gasteiger partial charge is 0.269 e. The zero-order valence-electron chi connectivity index (χ0n) is 10.7. The molecule has 1 heterocycles. The predicted octanol–water partition coefficient (Wildman–Crippen LogP) is 1.39. The van der Waals surface area contributed by atoms with Gasteiger partial charge >= 0.3 is 0 Å². The summed E-state index contributed by atoms with van der Waals surface area (Å²) < 4.78 is 5.07. The first-order valence-corrected chi connectivity index (χ1v) is 6.12. The maximum absolute atomic E-state index is 12.1. The fourth-order valence-corrected chi connectivity index (χ4v) is 2.51. The summed E-state index contributed by atoms with van der Waals surface area (Å²) in [7, 11) is 1.59. The first kappa shape index (κ1) is 13.5. The molecule has 1 aromatic carbocycles. The molecule has 0 bridgehead atoms. The molecule has 1 fully saturated rings. The monoisotopic (exact) mass is 264 g/mol. The lowest BCUT2D eigenvalue weighted by Crippen LogP contribution is -2.36. The highest BCUT2D eigenvalue weighted by atomic mass is 16.6. The van der Waals surface area contributed by atoms with Crippen molar-refractivity contribution in [2.45, 2.75) is 18.3 Å². The van der Waals surface area contributed by atoms with Crippen molar-refractivity contribution in [3.8, 4) is 0 Å². The number of nitro groups is 1. The quantitative estimate of drug-likeness (QED) is 0.643. The van der Waals surface area contributed by atoms with E-state index in [1.807, 2.05) is 0 Å². The predicted molar refractivity (Wildman–Crippen MR) is 68.9 cm³/mol. The second kappa shape index (κ2) is 5.36. The zero-order valence-corrected chi connectivity index (χ0v) is 10.7. The van der Waals surface area contributed by atoms with E-state index in [1.54, 1.807) is 19.2 Å². The van der Waals surface area contributed by atoms with Crippen molar-refractivity contribution < 1.29 is 14.5 Å². The van der Waals surface area contributed by atoms with E-state index >= 15 is 0 Å². The number of hydrogen-bond donors (Lipinski definition) is 1. The summed E-state index contributed by atoms with van der Waals surface area (Å²) in [5, 5.41) is 13.5. The molecule has 1 aliphatic heterocycles. The summed E-state index contributed by atoms with van der Waals surface area (Å²) in [6, 6.07) is 6.21. The maximum Gasteiger partial charge on any atom is 0.269 e. The highest BCUT2D eigenvalue weighted by Gasteiger charge is 2.43. The van der Waals surface area contributed by atoms with E-state index in [2.05, 4.69) is 5.32 Å². The molecule has 0 radical (unpaired) electrons. The van der Waals surface area contributed by atoms with Crippen molar-refractivity contribution in [2.75, 3.05) is 20.3 Å². The first-order valence-electron chi connectivity index (χ1n) is 6.12. The molecule has 0 spiro atoms. The van der Waals surface area contributed by atoms with Crippen LogP contribution < -0.4 is 5.32 Å². The topological polar surface area (TPSA) is 81.5 Å². The number of rotatable bonds is 5. The van der Waals surface area contributed by atoms with Crippen LogP contribution in [0.15, 0.2) is 24.3 Å². The molecule has 1 amide bonds. The minimum atomic E-state index is -0.620. The minimum absolute atomic E-state index is 0.0293. The van der Waals surface area contributed by atoms with Crippen molar-refractivity contribution in [1.29, 1.82) is 0 Å². The largest absolute Gasteiger partial charge is 0.385 e. The van der Waals surface area contributed by atoms with Crippen molar-refractivity contribution in [2.24, 2.45) is 0 Å². The number of benzene rings is 1. The van der Waals surface area contributed by atoms with E-state index in [4.69, 9.17) is 4.74 Å². The molecule has 102 valence electrons. The Morgan fingerprint density at radius 3 is 2.58 bits per heavy atom. The maximum atomic E-state index is 12.1. The van der Waals surface area contributed by atoms with Crippen molar-refractivity contribution in [1.82, 2.24) is 5.32 Å². The average molecular weight is 264 g/mol. The lowest BCUT2D eigenvalue weighted by molar-refractivity contribution is -0.384. The Balaban J connectivity index is 2.33. The molecule has 6 nitrogen and oxygen atoms in total. The van der Waals surface area contributed by atoms with Gasteiger partial charge in [-0.25, -0.2) is 0 Å². The number of carbonyl (C=O) groups excluding carboxylic acids is 1. The summed E-state index contributed by atoms with van der Waals surface area (Å²) in [5.41, 5.74) is 0.222. The molecule has 1 aromatic rings. The molecule has 1 saturated heterocycles. The Hall–Kier alpha value is -1.95. The molecule has 1 atom stereocenters. The SMILES string of the molecule is COCCC1(c2ccc([N+](=O)[O-])cc2)CCNC1=O. The fourth-order valence-electron chi connectivity index (χ4n) is 2.51. The van der Waals surface area contributed by atoms with Crippen molar-refractivity contribution >= 4 is 11.6 Å². The van der Waals surface area contributed by atoms with Crippen LogP contribution in [-0.4, -0.2) is 31.1 Å². The summed E-state index contributed by atoms with van der Waals surface area (Å²) in [6.07, 6.45) is 1.26. The number of nitrogens with one attached hydrogen (secondary N) is 1. The van der Waals surface area contributed by atoms with Crippen LogP contribution in [0, 0.1) is 10.1 Å². The van der Waals surface area contributed by atoms with Crippen LogP contribution in [0.2, 0.25) is 0 Å². The molecule has 6 heteroatoms. The molecule has 0 saturated carbocycles. The second-order valence-corrected chi connectivity index (χ2v) is 4.63. The Kier molecular flexibility index (Phi) is 3.80. The van der Waals surface area contributed by atoms with E-state index < -0.39 is 10.3 Å². The van der Waals surface area contributed by atoms with Crippen molar-refractivity contribution in [3.63, 3.8) is 0 Å². The van der Waals surface area contributed by atoms with Gasteiger partial charge in [0.2, 0.25) is 5.91 Å². The second-order valence-electron chi connectivity index (χ2n) is 4.63. The van der Waals surface area contributed by atoms with Crippen LogP contribution in [0.3, 0.4) is 0 Å². The van der Waals surface area contributed by atoms with Gasteiger partial charge in [0.25, 0.3) is 5.69 Å². The molecule has 0 aromatic heterocycles. The number of carbonyl (C=O) groups is 1. The van der Waals surface area contributed by atoms with Gasteiger partial charge in [0.15, 0.2) is 0 Å². The van der Waals surface area contributed by atoms with E-state index in [-0.39, 0.29) is 11.6 Å². The Morgan fingerprint density at radius 2 is 2.11 bits per heavy atom. The van der Waals surface area contributed by atoms with E-state index in [0.29, 0.717) is 26.0 Å². The van der Waals surface area contributed by atoms with E-state index in [1.165, 1.54) is 12.1 Å². The van der Waals surface area contributed by atoms with Crippen molar-refractivity contribution in [3.05, 3.63) is 39.9 Å². The number of nitrogens with zero attached hydrogens (tertiary/aromatic N) is 1. The van der Waals surface area contributed by atoms with Crippen LogP contribution >= 0.6 is 0 Å². The average Bonchev–Trinajstić information content (AvgIpc) is 2.79. The van der Waals surface area contributed by atoms with Crippen LogP contribution in [0.4, 0.5) is 5.69 Å². The number of amides is 1. The summed E-state index contributed by atoms with van der Waals surface area (Å²) in [4.78, 5) is 22.3. The van der Waals surface area contributed by atoms with E-state index in [9.17, 15) is 14.9 Å². The molecule has 1 unspecified atom stereocenters. The molecular weight excluding hydrogens is 248 g/mol. The van der Waals surface area contributed by atoms with Gasteiger partial charge in [-0.1, -0.05) is 12.1 Å². The summed E-state index contributed by atoms with van der Waals surface area (Å²) >= 11 is 0. The number of methoxy groups -OCH3 is 1. The zero-order chi connectivity index (χ0) is 13.9. The normalized spacial score (nSPS) is 22.3. The molecule has 1 aliphatic rings. The lowest BCUT2D eigenvalue weighted by atomic mass is 9.76. The molecule has 2 rings (SSSR count). The summed E-state index contributed by atoms with van der Waals surface area (Å²) in [5.74, 6) is -0.0293. The van der Waals surface area contributed by atoms with Gasteiger partial charge in [-0.2, -0.15) is 0 Å². The van der Waals surface area contributed by atoms with Crippen LogP contribution in [0.5, 0.6) is 0 Å². The first-order chi connectivity index (χ1) is 9.10. The molecule has 1 N–H and O–H groups in total. The standard InChI is InChI=1S/C13H16N2O4/c1-19-9-7-13(6-8-14-12(13)16)10-2-4-11(5-3-10)15(17)18/h2-5H,6-9H2,1H3,(H,14,16). The van der Waals surface area contributed by atoms with Gasteiger partial charge in [-0.15, -0.1) is 0 Å². The third kappa shape index (κ3) is 2.44. The third-order valence-corrected chi connectivity index (χ3v) is 3.64. The third-order valence-electron chi connectivity index (χ3n) is 3.64. The number of hydrogen-bond acceptors (Lipinski definition) is 4. The highest BCUT2D eigenvalue weighted by molar-refractivity contribution is 5.90. The number of ether oxygens (including phenoxy) is 1. The molecular formula is C13H16N2O4. The van der Waals surface area contributed by atoms with E-state index in [0.717, 1.165) is 5.56 Å². The van der Waals surface area contributed by atoms with Gasteiger partial charge in [-0.3, -0.25) is 14.9 Å². The molecule has 19 heavy (non-hydrogen) atoms. The highest BCUT2D eigenvalue weighted by Crippen LogP contribution is 2.36. The molecule has 0 aliphatic carbocycles. The summed E-state index contributed by atoms with van der Waals surface area (Å²) in [6.45, 7) is 1.10. The van der Waals surface area contributed by atoms with Crippen LogP contribution in [0.25, 0.3) is 0 Å². The number of non-ortho nitro benzene ring substituents is 1. The lowest BCUT2D eigenvalue weighted by Gasteiger charge is -2.26.